The van der Waals surface area contributed by atoms with Crippen LogP contribution in [0.3, 0.4) is 0 Å². The molecule has 1 spiro atoms. The van der Waals surface area contributed by atoms with Crippen molar-refractivity contribution < 1.29 is 19.2 Å². The van der Waals surface area contributed by atoms with Gasteiger partial charge in [-0.25, -0.2) is 4.79 Å². The third-order valence-electron chi connectivity index (χ3n) is 7.21. The van der Waals surface area contributed by atoms with Gasteiger partial charge in [-0.1, -0.05) is 34.4 Å². The molecule has 2 saturated carbocycles. The molecule has 0 bridgehead atoms. The van der Waals surface area contributed by atoms with Gasteiger partial charge in [-0.05, 0) is 70.4 Å². The number of likely N-dealkylation sites (tertiary alicyclic amines) is 1. The lowest BCUT2D eigenvalue weighted by atomic mass is 9.54. The van der Waals surface area contributed by atoms with Gasteiger partial charge in [-0.2, -0.15) is 0 Å². The minimum absolute atomic E-state index is 0.0497. The number of aliphatic hydroxyl groups excluding tert-OH is 1. The number of halogens is 2. The lowest BCUT2D eigenvalue weighted by molar-refractivity contribution is -0.0841. The van der Waals surface area contributed by atoms with E-state index in [1.54, 1.807) is 17.0 Å². The van der Waals surface area contributed by atoms with Crippen LogP contribution in [-0.2, 0) is 4.74 Å². The highest BCUT2D eigenvalue weighted by atomic mass is 35.5. The fourth-order valence-electron chi connectivity index (χ4n) is 5.49. The Balaban J connectivity index is 1.59. The average molecular weight is 493 g/mol. The molecule has 1 amide bonds. The summed E-state index contributed by atoms with van der Waals surface area (Å²) in [5.41, 5.74) is 1.63. The smallest absolute Gasteiger partial charge is 0.410 e. The van der Waals surface area contributed by atoms with Crippen LogP contribution in [0.15, 0.2) is 22.7 Å². The first-order valence-electron chi connectivity index (χ1n) is 11.7. The van der Waals surface area contributed by atoms with Crippen molar-refractivity contribution in [3.63, 3.8) is 0 Å². The zero-order chi connectivity index (χ0) is 23.5. The van der Waals surface area contributed by atoms with E-state index < -0.39 is 5.60 Å². The zero-order valence-electron chi connectivity index (χ0n) is 19.2. The van der Waals surface area contributed by atoms with Crippen molar-refractivity contribution in [3.05, 3.63) is 39.6 Å². The largest absolute Gasteiger partial charge is 0.444 e. The number of amides is 1. The van der Waals surface area contributed by atoms with Gasteiger partial charge in [0.15, 0.2) is 0 Å². The topological polar surface area (TPSA) is 75.8 Å². The van der Waals surface area contributed by atoms with E-state index in [2.05, 4.69) is 5.16 Å². The number of hydrogen-bond acceptors (Lipinski definition) is 5. The number of aromatic nitrogens is 1. The van der Waals surface area contributed by atoms with Crippen LogP contribution in [0.1, 0.15) is 76.0 Å². The summed E-state index contributed by atoms with van der Waals surface area (Å²) in [4.78, 5) is 14.8. The molecular weight excluding hydrogens is 463 g/mol. The van der Waals surface area contributed by atoms with E-state index in [1.165, 1.54) is 0 Å². The molecular formula is C25H30Cl2N2O4. The molecule has 3 aliphatic rings. The number of carbonyl (C=O) groups excluding carboxylic acids is 1. The maximum atomic E-state index is 13.0. The SMILES string of the molecule is CC(C)(C)OC(=O)N1CCC2(CC(O)C2)C(c2c(-c3c(Cl)cccc3Cl)noc2C2CC2)C1. The molecule has 1 N–H and O–H groups in total. The molecule has 33 heavy (non-hydrogen) atoms. The molecule has 1 aliphatic heterocycles. The summed E-state index contributed by atoms with van der Waals surface area (Å²) in [5.74, 6) is 1.14. The van der Waals surface area contributed by atoms with Crippen molar-refractivity contribution in [1.29, 1.82) is 0 Å². The van der Waals surface area contributed by atoms with Gasteiger partial charge in [0.1, 0.15) is 17.1 Å². The van der Waals surface area contributed by atoms with Crippen LogP contribution in [0.5, 0.6) is 0 Å². The van der Waals surface area contributed by atoms with E-state index in [-0.39, 0.29) is 23.5 Å². The van der Waals surface area contributed by atoms with Crippen LogP contribution in [0.25, 0.3) is 11.3 Å². The normalized spacial score (nSPS) is 27.5. The second-order valence-corrected chi connectivity index (χ2v) is 11.6. The predicted octanol–water partition coefficient (Wildman–Crippen LogP) is 6.39. The Bertz CT molecular complexity index is 1050. The fourth-order valence-corrected chi connectivity index (χ4v) is 6.06. The fraction of sp³-hybridized carbons (Fsp3) is 0.600. The molecule has 2 heterocycles. The Hall–Kier alpha value is -1.76. The first-order chi connectivity index (χ1) is 15.6. The van der Waals surface area contributed by atoms with Gasteiger partial charge < -0.3 is 19.3 Å². The standard InChI is InChI=1S/C25H30Cl2N2O4/c1-24(2,3)32-23(31)29-10-9-25(11-15(30)12-25)16(13-29)19-21(28-33-22(19)14-7-8-14)20-17(26)5-4-6-18(20)27/h4-6,14-16,30H,7-13H2,1-3H3. The number of piperidine rings is 1. The summed E-state index contributed by atoms with van der Waals surface area (Å²) in [6, 6.07) is 5.41. The first-order valence-corrected chi connectivity index (χ1v) is 12.4. The molecule has 1 saturated heterocycles. The van der Waals surface area contributed by atoms with Gasteiger partial charge >= 0.3 is 6.09 Å². The number of nitrogens with zero attached hydrogens (tertiary/aromatic N) is 2. The van der Waals surface area contributed by atoms with Crippen molar-refractivity contribution >= 4 is 29.3 Å². The van der Waals surface area contributed by atoms with Crippen molar-refractivity contribution in [2.75, 3.05) is 13.1 Å². The summed E-state index contributed by atoms with van der Waals surface area (Å²) >= 11 is 13.2. The summed E-state index contributed by atoms with van der Waals surface area (Å²) in [6.07, 6.45) is 3.65. The number of ether oxygens (including phenoxy) is 1. The minimum Gasteiger partial charge on any atom is -0.444 e. The highest BCUT2D eigenvalue weighted by molar-refractivity contribution is 6.39. The van der Waals surface area contributed by atoms with Crippen molar-refractivity contribution in [3.8, 4) is 11.3 Å². The third kappa shape index (κ3) is 4.26. The highest BCUT2D eigenvalue weighted by Crippen LogP contribution is 2.60. The number of rotatable bonds is 3. The van der Waals surface area contributed by atoms with Crippen LogP contribution in [0.2, 0.25) is 10.0 Å². The molecule has 1 aromatic heterocycles. The molecule has 1 atom stereocenters. The van der Waals surface area contributed by atoms with Gasteiger partial charge in [0.05, 0.1) is 16.1 Å². The maximum absolute atomic E-state index is 13.0. The van der Waals surface area contributed by atoms with Crippen LogP contribution >= 0.6 is 23.2 Å². The van der Waals surface area contributed by atoms with Crippen molar-refractivity contribution in [2.24, 2.45) is 5.41 Å². The monoisotopic (exact) mass is 492 g/mol. The second-order valence-electron chi connectivity index (χ2n) is 10.8. The van der Waals surface area contributed by atoms with Gasteiger partial charge in [-0.3, -0.25) is 0 Å². The Morgan fingerprint density at radius 2 is 1.91 bits per heavy atom. The summed E-state index contributed by atoms with van der Waals surface area (Å²) in [6.45, 7) is 6.71. The lowest BCUT2D eigenvalue weighted by Crippen LogP contribution is -2.55. The quantitative estimate of drug-likeness (QED) is 0.536. The number of benzene rings is 1. The van der Waals surface area contributed by atoms with E-state index in [1.807, 2.05) is 26.8 Å². The molecule has 3 fully saturated rings. The molecule has 5 rings (SSSR count). The maximum Gasteiger partial charge on any atom is 0.410 e. The molecule has 2 aromatic rings. The van der Waals surface area contributed by atoms with Crippen molar-refractivity contribution in [2.45, 2.75) is 76.4 Å². The molecule has 8 heteroatoms. The zero-order valence-corrected chi connectivity index (χ0v) is 20.7. The molecule has 2 aliphatic carbocycles. The second kappa shape index (κ2) is 8.17. The Morgan fingerprint density at radius 3 is 2.48 bits per heavy atom. The summed E-state index contributed by atoms with van der Waals surface area (Å²) < 4.78 is 11.6. The molecule has 6 nitrogen and oxygen atoms in total. The van der Waals surface area contributed by atoms with E-state index in [4.69, 9.17) is 32.5 Å². The van der Waals surface area contributed by atoms with Crippen LogP contribution in [0, 0.1) is 5.41 Å². The molecule has 1 unspecified atom stereocenters. The minimum atomic E-state index is -0.568. The number of hydrogen-bond donors (Lipinski definition) is 1. The van der Waals surface area contributed by atoms with Crippen LogP contribution < -0.4 is 0 Å². The molecule has 0 radical (unpaired) electrons. The predicted molar refractivity (Wildman–Crippen MR) is 127 cm³/mol. The van der Waals surface area contributed by atoms with Gasteiger partial charge in [0.25, 0.3) is 0 Å². The first kappa shape index (κ1) is 23.0. The van der Waals surface area contributed by atoms with E-state index >= 15 is 0 Å². The highest BCUT2D eigenvalue weighted by Gasteiger charge is 2.55. The van der Waals surface area contributed by atoms with Gasteiger partial charge in [0, 0.05) is 36.1 Å². The Morgan fingerprint density at radius 1 is 1.24 bits per heavy atom. The average Bonchev–Trinajstić information content (AvgIpc) is 3.46. The van der Waals surface area contributed by atoms with E-state index in [0.29, 0.717) is 53.2 Å². The van der Waals surface area contributed by atoms with Gasteiger partial charge in [0.2, 0.25) is 0 Å². The Labute approximate surface area is 204 Å². The lowest BCUT2D eigenvalue weighted by Gasteiger charge is -2.55. The van der Waals surface area contributed by atoms with Gasteiger partial charge in [-0.15, -0.1) is 0 Å². The van der Waals surface area contributed by atoms with E-state index in [9.17, 15) is 9.90 Å². The summed E-state index contributed by atoms with van der Waals surface area (Å²) in [5, 5.41) is 15.8. The van der Waals surface area contributed by atoms with Crippen LogP contribution in [0.4, 0.5) is 4.79 Å². The Kier molecular flexibility index (Phi) is 5.70. The summed E-state index contributed by atoms with van der Waals surface area (Å²) in [7, 11) is 0. The van der Waals surface area contributed by atoms with Crippen LogP contribution in [-0.4, -0.2) is 46.1 Å². The number of carbonyl (C=O) groups is 1. The third-order valence-corrected chi connectivity index (χ3v) is 7.84. The number of aliphatic hydroxyl groups is 1. The molecule has 1 aromatic carbocycles. The molecule has 178 valence electrons. The van der Waals surface area contributed by atoms with Crippen molar-refractivity contribution in [1.82, 2.24) is 10.1 Å². The van der Waals surface area contributed by atoms with E-state index in [0.717, 1.165) is 30.6 Å².